The van der Waals surface area contributed by atoms with Crippen LogP contribution < -0.4 is 5.32 Å². The Labute approximate surface area is 231 Å². The minimum atomic E-state index is -1.09. The molecule has 0 saturated carbocycles. The number of rotatable bonds is 22. The molecule has 16 heteroatoms. The molecule has 3 amide bonds. The summed E-state index contributed by atoms with van der Waals surface area (Å²) in [5, 5.41) is 43.8. The molecule has 6 unspecified atom stereocenters. The van der Waals surface area contributed by atoms with Crippen LogP contribution in [0.15, 0.2) is 5.16 Å². The molecule has 5 N–H and O–H groups in total. The van der Waals surface area contributed by atoms with E-state index in [1.54, 1.807) is 13.2 Å². The topological polar surface area (TPSA) is 206 Å². The second-order valence-electron chi connectivity index (χ2n) is 8.41. The number of thioether (sulfide) groups is 1. The molecular weight excluding hydrogens is 542 g/mol. The summed E-state index contributed by atoms with van der Waals surface area (Å²) in [6, 6.07) is 0. The van der Waals surface area contributed by atoms with E-state index >= 15 is 0 Å². The zero-order chi connectivity index (χ0) is 29.2. The second kappa shape index (κ2) is 20.1. The maximum Gasteiger partial charge on any atom is 0.242 e. The van der Waals surface area contributed by atoms with Crippen LogP contribution in [-0.4, -0.2) is 145 Å². The van der Waals surface area contributed by atoms with E-state index in [9.17, 15) is 34.8 Å². The van der Waals surface area contributed by atoms with E-state index in [0.29, 0.717) is 6.42 Å². The zero-order valence-electron chi connectivity index (χ0n) is 22.5. The lowest BCUT2D eigenvalue weighted by molar-refractivity contribution is -0.220. The molecule has 0 bridgehead atoms. The number of nitrogens with one attached hydrogen (secondary N) is 1. The third kappa shape index (κ3) is 13.3. The summed E-state index contributed by atoms with van der Waals surface area (Å²) in [7, 11) is 1.33. The number of hydrogen-bond acceptors (Lipinski definition) is 14. The summed E-state index contributed by atoms with van der Waals surface area (Å²) in [4.78, 5) is 42.0. The van der Waals surface area contributed by atoms with Gasteiger partial charge < -0.3 is 49.5 Å². The Kier molecular flexibility index (Phi) is 18.1. The summed E-state index contributed by atoms with van der Waals surface area (Å²) in [5.74, 6) is -1.04. The van der Waals surface area contributed by atoms with Gasteiger partial charge in [0.05, 0.1) is 44.0 Å². The van der Waals surface area contributed by atoms with Crippen molar-refractivity contribution in [2.75, 3.05) is 59.5 Å². The molecular formula is C23H41N3O12S. The Morgan fingerprint density at radius 2 is 1.90 bits per heavy atom. The minimum absolute atomic E-state index is 0.0225. The van der Waals surface area contributed by atoms with E-state index in [0.717, 1.165) is 11.1 Å². The Balaban J connectivity index is 2.33. The summed E-state index contributed by atoms with van der Waals surface area (Å²) >= 11 is 1.30. The van der Waals surface area contributed by atoms with Gasteiger partial charge in [-0.1, -0.05) is 12.1 Å². The number of amides is 3. The van der Waals surface area contributed by atoms with Crippen molar-refractivity contribution in [1.82, 2.24) is 10.2 Å². The summed E-state index contributed by atoms with van der Waals surface area (Å²) in [6.07, 6.45) is -1.08. The Hall–Kier alpha value is -1.89. The number of aliphatic hydroxyl groups excluding tert-OH is 4. The number of carbonyl (C=O) groups excluding carboxylic acids is 3. The Bertz CT molecular complexity index is 758. The lowest BCUT2D eigenvalue weighted by Gasteiger charge is -2.25. The SMILES string of the molecule is CCC(CO)OC(CO)OCC(CO)OC(/C=N/OCC(O)CNC(=O)CCN1C(=O)CC(SC)C1=O)OC. The van der Waals surface area contributed by atoms with Crippen molar-refractivity contribution >= 4 is 35.7 Å². The normalized spacial score (nSPS) is 19.8. The number of carbonyl (C=O) groups is 3. The van der Waals surface area contributed by atoms with Crippen LogP contribution in [0.1, 0.15) is 26.2 Å². The molecule has 1 fully saturated rings. The van der Waals surface area contributed by atoms with Crippen molar-refractivity contribution in [3.8, 4) is 0 Å². The predicted molar refractivity (Wildman–Crippen MR) is 139 cm³/mol. The number of methoxy groups -OCH3 is 1. The molecule has 0 aromatic rings. The molecule has 0 aliphatic carbocycles. The van der Waals surface area contributed by atoms with Crippen molar-refractivity contribution in [3.63, 3.8) is 0 Å². The van der Waals surface area contributed by atoms with Crippen LogP contribution in [-0.2, 0) is 38.2 Å². The van der Waals surface area contributed by atoms with Gasteiger partial charge in [-0.3, -0.25) is 19.3 Å². The first-order valence-corrected chi connectivity index (χ1v) is 13.8. The Morgan fingerprint density at radius 1 is 1.18 bits per heavy atom. The van der Waals surface area contributed by atoms with Crippen molar-refractivity contribution < 1.29 is 58.6 Å². The summed E-state index contributed by atoms with van der Waals surface area (Å²) in [6.45, 7) is 0.0805. The lowest BCUT2D eigenvalue weighted by Crippen LogP contribution is -2.38. The molecule has 1 heterocycles. The van der Waals surface area contributed by atoms with E-state index in [4.69, 9.17) is 23.8 Å². The first-order valence-electron chi connectivity index (χ1n) is 12.5. The average molecular weight is 584 g/mol. The molecule has 15 nitrogen and oxygen atoms in total. The molecule has 0 spiro atoms. The first kappa shape index (κ1) is 35.1. The quantitative estimate of drug-likeness (QED) is 0.0398. The second-order valence-corrected chi connectivity index (χ2v) is 9.45. The highest BCUT2D eigenvalue weighted by molar-refractivity contribution is 8.00. The lowest BCUT2D eigenvalue weighted by atomic mass is 10.3. The van der Waals surface area contributed by atoms with Crippen molar-refractivity contribution in [2.45, 2.75) is 62.3 Å². The highest BCUT2D eigenvalue weighted by Gasteiger charge is 2.37. The first-order chi connectivity index (χ1) is 18.7. The number of likely N-dealkylation sites (tertiary alicyclic amines) is 1. The molecule has 0 radical (unpaired) electrons. The van der Waals surface area contributed by atoms with Gasteiger partial charge in [0.25, 0.3) is 0 Å². The van der Waals surface area contributed by atoms with Gasteiger partial charge >= 0.3 is 0 Å². The fourth-order valence-electron chi connectivity index (χ4n) is 3.19. The Morgan fingerprint density at radius 3 is 2.46 bits per heavy atom. The summed E-state index contributed by atoms with van der Waals surface area (Å²) in [5.41, 5.74) is 0. The van der Waals surface area contributed by atoms with E-state index in [1.165, 1.54) is 18.9 Å². The van der Waals surface area contributed by atoms with Gasteiger partial charge in [-0.2, -0.15) is 11.8 Å². The average Bonchev–Trinajstić information content (AvgIpc) is 3.22. The highest BCUT2D eigenvalue weighted by atomic mass is 32.2. The monoisotopic (exact) mass is 583 g/mol. The van der Waals surface area contributed by atoms with E-state index in [1.807, 2.05) is 0 Å². The third-order valence-electron chi connectivity index (χ3n) is 5.49. The minimum Gasteiger partial charge on any atom is -0.394 e. The van der Waals surface area contributed by atoms with Crippen molar-refractivity contribution in [2.24, 2.45) is 5.16 Å². The van der Waals surface area contributed by atoms with Crippen LogP contribution in [0.4, 0.5) is 0 Å². The maximum atomic E-state index is 12.1. The summed E-state index contributed by atoms with van der Waals surface area (Å²) < 4.78 is 21.4. The molecule has 0 aromatic carbocycles. The van der Waals surface area contributed by atoms with Gasteiger partial charge in [0.1, 0.15) is 18.8 Å². The van der Waals surface area contributed by atoms with Crippen LogP contribution in [0.2, 0.25) is 0 Å². The number of oxime groups is 1. The van der Waals surface area contributed by atoms with Gasteiger partial charge in [0.2, 0.25) is 17.7 Å². The smallest absolute Gasteiger partial charge is 0.242 e. The number of hydrogen-bond donors (Lipinski definition) is 5. The molecule has 1 aliphatic rings. The highest BCUT2D eigenvalue weighted by Crippen LogP contribution is 2.23. The zero-order valence-corrected chi connectivity index (χ0v) is 23.3. The fraction of sp³-hybridized carbons (Fsp3) is 0.826. The molecule has 1 aliphatic heterocycles. The maximum absolute atomic E-state index is 12.1. The number of ether oxygens (including phenoxy) is 4. The van der Waals surface area contributed by atoms with Crippen molar-refractivity contribution in [3.05, 3.63) is 0 Å². The van der Waals surface area contributed by atoms with Crippen LogP contribution in [0.25, 0.3) is 0 Å². The van der Waals surface area contributed by atoms with Crippen molar-refractivity contribution in [1.29, 1.82) is 0 Å². The molecule has 226 valence electrons. The largest absolute Gasteiger partial charge is 0.394 e. The van der Waals surface area contributed by atoms with E-state index < -0.39 is 55.3 Å². The molecule has 1 rings (SSSR count). The third-order valence-corrected chi connectivity index (χ3v) is 6.43. The van der Waals surface area contributed by atoms with Gasteiger partial charge in [0.15, 0.2) is 12.6 Å². The molecule has 0 aromatic heterocycles. The van der Waals surface area contributed by atoms with Gasteiger partial charge in [-0.05, 0) is 12.7 Å². The van der Waals surface area contributed by atoms with E-state index in [2.05, 4.69) is 10.5 Å². The van der Waals surface area contributed by atoms with Gasteiger partial charge in [0, 0.05) is 33.0 Å². The van der Waals surface area contributed by atoms with Gasteiger partial charge in [-0.15, -0.1) is 0 Å². The van der Waals surface area contributed by atoms with Crippen LogP contribution >= 0.6 is 11.8 Å². The standard InChI is InChI=1S/C23H41N3O12S/c1-4-16(10-27)37-22(12-29)35-14-17(11-28)38-21(34-2)9-25-36-13-15(30)8-24-19(31)5-6-26-20(32)7-18(39-3)23(26)33/h9,15-18,21-22,27-30H,4-8,10-14H2,1-3H3,(H,24,31)/b25-9+. The van der Waals surface area contributed by atoms with Crippen LogP contribution in [0.3, 0.4) is 0 Å². The molecule has 39 heavy (non-hydrogen) atoms. The predicted octanol–water partition coefficient (Wildman–Crippen LogP) is -2.18. The van der Waals surface area contributed by atoms with E-state index in [-0.39, 0.29) is 57.6 Å². The van der Waals surface area contributed by atoms with Crippen LogP contribution in [0.5, 0.6) is 0 Å². The number of nitrogens with zero attached hydrogens (tertiary/aromatic N) is 2. The number of imide groups is 1. The van der Waals surface area contributed by atoms with Gasteiger partial charge in [-0.25, -0.2) is 0 Å². The molecule has 6 atom stereocenters. The fourth-order valence-corrected chi connectivity index (χ4v) is 3.83. The van der Waals surface area contributed by atoms with Crippen LogP contribution in [0, 0.1) is 0 Å². The molecule has 1 saturated heterocycles. The number of aliphatic hydroxyl groups is 4.